The van der Waals surface area contributed by atoms with Gasteiger partial charge in [0.05, 0.1) is 7.11 Å². The molecule has 128 valence electrons. The van der Waals surface area contributed by atoms with Crippen LogP contribution >= 0.6 is 0 Å². The fourth-order valence-corrected chi connectivity index (χ4v) is 2.68. The SMILES string of the molecule is COC(=O)c1cc(COc2ccccc2Cc2ccccc2)oc1C. The van der Waals surface area contributed by atoms with Gasteiger partial charge in [-0.05, 0) is 30.2 Å². The summed E-state index contributed by atoms with van der Waals surface area (Å²) in [6, 6.07) is 19.8. The van der Waals surface area contributed by atoms with Crippen molar-refractivity contribution < 1.29 is 18.7 Å². The Kier molecular flexibility index (Phi) is 5.19. The van der Waals surface area contributed by atoms with Crippen molar-refractivity contribution >= 4 is 5.97 Å². The van der Waals surface area contributed by atoms with Crippen LogP contribution in [0.2, 0.25) is 0 Å². The van der Waals surface area contributed by atoms with Crippen LogP contribution in [0.1, 0.15) is 33.0 Å². The van der Waals surface area contributed by atoms with Crippen LogP contribution in [0.3, 0.4) is 0 Å². The number of furan rings is 1. The Hall–Kier alpha value is -3.01. The summed E-state index contributed by atoms with van der Waals surface area (Å²) >= 11 is 0. The van der Waals surface area contributed by atoms with Gasteiger partial charge in [-0.25, -0.2) is 4.79 Å². The van der Waals surface area contributed by atoms with E-state index in [1.807, 2.05) is 36.4 Å². The smallest absolute Gasteiger partial charge is 0.341 e. The van der Waals surface area contributed by atoms with Gasteiger partial charge in [-0.2, -0.15) is 0 Å². The first kappa shape index (κ1) is 16.8. The van der Waals surface area contributed by atoms with Crippen LogP contribution in [0.5, 0.6) is 5.75 Å². The standard InChI is InChI=1S/C21H20O4/c1-15-19(21(22)23-2)13-18(25-15)14-24-20-11-7-6-10-17(20)12-16-8-4-3-5-9-16/h3-11,13H,12,14H2,1-2H3. The lowest BCUT2D eigenvalue weighted by Gasteiger charge is -2.10. The Morgan fingerprint density at radius 2 is 1.76 bits per heavy atom. The van der Waals surface area contributed by atoms with E-state index in [2.05, 4.69) is 18.2 Å². The lowest BCUT2D eigenvalue weighted by atomic mass is 10.0. The normalized spacial score (nSPS) is 10.5. The maximum atomic E-state index is 11.7. The molecule has 4 nitrogen and oxygen atoms in total. The van der Waals surface area contributed by atoms with Crippen molar-refractivity contribution in [2.24, 2.45) is 0 Å². The molecule has 4 heteroatoms. The average molecular weight is 336 g/mol. The maximum Gasteiger partial charge on any atom is 0.341 e. The monoisotopic (exact) mass is 336 g/mol. The molecule has 0 saturated carbocycles. The third kappa shape index (κ3) is 4.10. The quantitative estimate of drug-likeness (QED) is 0.620. The second-order valence-electron chi connectivity index (χ2n) is 5.73. The van der Waals surface area contributed by atoms with E-state index in [1.54, 1.807) is 13.0 Å². The van der Waals surface area contributed by atoms with Gasteiger partial charge in [0.15, 0.2) is 0 Å². The van der Waals surface area contributed by atoms with Gasteiger partial charge < -0.3 is 13.9 Å². The predicted octanol–water partition coefficient (Wildman–Crippen LogP) is 4.54. The molecule has 3 aromatic rings. The van der Waals surface area contributed by atoms with E-state index in [1.165, 1.54) is 12.7 Å². The Balaban J connectivity index is 1.73. The largest absolute Gasteiger partial charge is 0.485 e. The first-order chi connectivity index (χ1) is 12.2. The maximum absolute atomic E-state index is 11.7. The number of hydrogen-bond acceptors (Lipinski definition) is 4. The summed E-state index contributed by atoms with van der Waals surface area (Å²) in [7, 11) is 1.35. The minimum atomic E-state index is -0.406. The number of hydrogen-bond donors (Lipinski definition) is 0. The summed E-state index contributed by atoms with van der Waals surface area (Å²) in [5, 5.41) is 0. The van der Waals surface area contributed by atoms with E-state index in [0.29, 0.717) is 17.1 Å². The highest BCUT2D eigenvalue weighted by Crippen LogP contribution is 2.24. The fourth-order valence-electron chi connectivity index (χ4n) is 2.68. The third-order valence-electron chi connectivity index (χ3n) is 3.95. The van der Waals surface area contributed by atoms with Crippen LogP contribution in [0.4, 0.5) is 0 Å². The number of rotatable bonds is 6. The summed E-state index contributed by atoms with van der Waals surface area (Å²) in [4.78, 5) is 11.7. The lowest BCUT2D eigenvalue weighted by Crippen LogP contribution is -2.01. The molecule has 0 atom stereocenters. The minimum absolute atomic E-state index is 0.254. The topological polar surface area (TPSA) is 48.7 Å². The van der Waals surface area contributed by atoms with E-state index in [9.17, 15) is 4.79 Å². The Labute approximate surface area is 147 Å². The number of methoxy groups -OCH3 is 1. The zero-order valence-electron chi connectivity index (χ0n) is 14.3. The van der Waals surface area contributed by atoms with Crippen LogP contribution in [-0.2, 0) is 17.8 Å². The van der Waals surface area contributed by atoms with Crippen molar-refractivity contribution in [1.29, 1.82) is 0 Å². The van der Waals surface area contributed by atoms with E-state index < -0.39 is 5.97 Å². The van der Waals surface area contributed by atoms with Crippen LogP contribution in [0, 0.1) is 6.92 Å². The zero-order valence-corrected chi connectivity index (χ0v) is 14.3. The van der Waals surface area contributed by atoms with E-state index >= 15 is 0 Å². The van der Waals surface area contributed by atoms with Crippen molar-refractivity contribution in [3.8, 4) is 5.75 Å². The zero-order chi connectivity index (χ0) is 17.6. The van der Waals surface area contributed by atoms with Gasteiger partial charge >= 0.3 is 5.97 Å². The summed E-state index contributed by atoms with van der Waals surface area (Å²) < 4.78 is 16.3. The van der Waals surface area contributed by atoms with Gasteiger partial charge in [0.1, 0.15) is 29.4 Å². The Morgan fingerprint density at radius 3 is 2.52 bits per heavy atom. The molecule has 0 saturated heterocycles. The molecule has 0 aliphatic rings. The first-order valence-corrected chi connectivity index (χ1v) is 8.09. The van der Waals surface area contributed by atoms with Crippen molar-refractivity contribution in [3.63, 3.8) is 0 Å². The molecular formula is C21H20O4. The summed E-state index contributed by atoms with van der Waals surface area (Å²) in [6.45, 7) is 1.99. The molecule has 25 heavy (non-hydrogen) atoms. The second kappa shape index (κ2) is 7.71. The van der Waals surface area contributed by atoms with Gasteiger partial charge in [-0.1, -0.05) is 48.5 Å². The van der Waals surface area contributed by atoms with Crippen LogP contribution in [0.15, 0.2) is 65.1 Å². The first-order valence-electron chi connectivity index (χ1n) is 8.09. The van der Waals surface area contributed by atoms with E-state index in [0.717, 1.165) is 17.7 Å². The molecule has 0 aliphatic heterocycles. The number of para-hydroxylation sites is 1. The molecule has 1 heterocycles. The number of aryl methyl sites for hydroxylation is 1. The molecule has 2 aromatic carbocycles. The van der Waals surface area contributed by atoms with Gasteiger partial charge in [0.2, 0.25) is 0 Å². The molecule has 0 amide bonds. The highest BCUT2D eigenvalue weighted by Gasteiger charge is 2.16. The summed E-state index contributed by atoms with van der Waals surface area (Å²) in [5.41, 5.74) is 2.75. The van der Waals surface area contributed by atoms with Crippen molar-refractivity contribution in [3.05, 3.63) is 88.9 Å². The van der Waals surface area contributed by atoms with Crippen molar-refractivity contribution in [2.75, 3.05) is 7.11 Å². The summed E-state index contributed by atoms with van der Waals surface area (Å²) in [5.74, 6) is 1.52. The van der Waals surface area contributed by atoms with Gasteiger partial charge in [-0.15, -0.1) is 0 Å². The number of carbonyl (C=O) groups excluding carboxylic acids is 1. The van der Waals surface area contributed by atoms with E-state index in [-0.39, 0.29) is 6.61 Å². The highest BCUT2D eigenvalue weighted by atomic mass is 16.5. The van der Waals surface area contributed by atoms with Crippen molar-refractivity contribution in [2.45, 2.75) is 20.0 Å². The molecule has 0 spiro atoms. The average Bonchev–Trinajstić information content (AvgIpc) is 3.02. The molecule has 0 bridgehead atoms. The molecule has 0 fully saturated rings. The number of ether oxygens (including phenoxy) is 2. The molecule has 0 aliphatic carbocycles. The van der Waals surface area contributed by atoms with Crippen molar-refractivity contribution in [1.82, 2.24) is 0 Å². The lowest BCUT2D eigenvalue weighted by molar-refractivity contribution is 0.0599. The summed E-state index contributed by atoms with van der Waals surface area (Å²) in [6.07, 6.45) is 0.793. The fraction of sp³-hybridized carbons (Fsp3) is 0.190. The van der Waals surface area contributed by atoms with Crippen LogP contribution in [0.25, 0.3) is 0 Å². The Morgan fingerprint density at radius 1 is 1.04 bits per heavy atom. The molecule has 3 rings (SSSR count). The van der Waals surface area contributed by atoms with Crippen LogP contribution in [-0.4, -0.2) is 13.1 Å². The molecular weight excluding hydrogens is 316 g/mol. The molecule has 1 aromatic heterocycles. The van der Waals surface area contributed by atoms with Gasteiger partial charge in [0.25, 0.3) is 0 Å². The molecule has 0 N–H and O–H groups in total. The molecule has 0 radical (unpaired) electrons. The minimum Gasteiger partial charge on any atom is -0.485 e. The number of esters is 1. The van der Waals surface area contributed by atoms with Gasteiger partial charge in [-0.3, -0.25) is 0 Å². The number of carbonyl (C=O) groups is 1. The number of benzene rings is 2. The van der Waals surface area contributed by atoms with Gasteiger partial charge in [0, 0.05) is 6.42 Å². The van der Waals surface area contributed by atoms with E-state index in [4.69, 9.17) is 13.9 Å². The third-order valence-corrected chi connectivity index (χ3v) is 3.95. The molecule has 0 unspecified atom stereocenters. The van der Waals surface area contributed by atoms with Crippen LogP contribution < -0.4 is 4.74 Å². The second-order valence-corrected chi connectivity index (χ2v) is 5.73. The highest BCUT2D eigenvalue weighted by molar-refractivity contribution is 5.90. The predicted molar refractivity (Wildman–Crippen MR) is 94.8 cm³/mol. The Bertz CT molecular complexity index is 849.